The fourth-order valence-electron chi connectivity index (χ4n) is 2.54. The van der Waals surface area contributed by atoms with Crippen LogP contribution in [-0.4, -0.2) is 31.3 Å². The molecule has 0 bridgehead atoms. The molecule has 1 heterocycles. The van der Waals surface area contributed by atoms with Crippen molar-refractivity contribution >= 4 is 0 Å². The van der Waals surface area contributed by atoms with Gasteiger partial charge in [0.15, 0.2) is 0 Å². The molecule has 2 rings (SSSR count). The minimum absolute atomic E-state index is 0.534. The van der Waals surface area contributed by atoms with E-state index in [4.69, 9.17) is 0 Å². The highest BCUT2D eigenvalue weighted by atomic mass is 19.1. The summed E-state index contributed by atoms with van der Waals surface area (Å²) in [5.41, 5.74) is -0.985. The average Bonchev–Trinajstić information content (AvgIpc) is 2.69. The van der Waals surface area contributed by atoms with Crippen LogP contribution >= 0.6 is 0 Å². The van der Waals surface area contributed by atoms with E-state index >= 15 is 0 Å². The zero-order chi connectivity index (χ0) is 9.86. The van der Waals surface area contributed by atoms with Crippen LogP contribution in [0.3, 0.4) is 0 Å². The molecule has 1 unspecified atom stereocenters. The van der Waals surface area contributed by atoms with Crippen molar-refractivity contribution in [2.24, 2.45) is 0 Å². The Morgan fingerprint density at radius 3 is 2.71 bits per heavy atom. The van der Waals surface area contributed by atoms with E-state index in [1.807, 2.05) is 0 Å². The van der Waals surface area contributed by atoms with Crippen molar-refractivity contribution in [2.75, 3.05) is 19.6 Å². The van der Waals surface area contributed by atoms with Gasteiger partial charge in [-0.25, -0.2) is 4.39 Å². The first-order valence-corrected chi connectivity index (χ1v) is 5.92. The second-order valence-electron chi connectivity index (χ2n) is 4.79. The molecule has 0 aromatic heterocycles. The van der Waals surface area contributed by atoms with Gasteiger partial charge in [0, 0.05) is 19.1 Å². The standard InChI is InChI=1S/C11H21FN2/c12-11(6-3-7-13-8-11)9-14-10-4-1-2-5-10/h10,13-14H,1-9H2. The van der Waals surface area contributed by atoms with Gasteiger partial charge in [0.25, 0.3) is 0 Å². The quantitative estimate of drug-likeness (QED) is 0.723. The lowest BCUT2D eigenvalue weighted by Crippen LogP contribution is -2.50. The average molecular weight is 200 g/mol. The number of rotatable bonds is 3. The molecule has 14 heavy (non-hydrogen) atoms. The van der Waals surface area contributed by atoms with E-state index in [1.54, 1.807) is 0 Å². The van der Waals surface area contributed by atoms with Crippen molar-refractivity contribution in [3.05, 3.63) is 0 Å². The molecule has 3 heteroatoms. The van der Waals surface area contributed by atoms with Crippen molar-refractivity contribution in [1.82, 2.24) is 10.6 Å². The van der Waals surface area contributed by atoms with Crippen molar-refractivity contribution in [3.8, 4) is 0 Å². The van der Waals surface area contributed by atoms with Gasteiger partial charge in [-0.05, 0) is 32.2 Å². The van der Waals surface area contributed by atoms with Crippen LogP contribution in [-0.2, 0) is 0 Å². The van der Waals surface area contributed by atoms with Gasteiger partial charge in [-0.15, -0.1) is 0 Å². The molecule has 0 aromatic carbocycles. The van der Waals surface area contributed by atoms with Gasteiger partial charge in [0.05, 0.1) is 0 Å². The molecule has 2 aliphatic rings. The second kappa shape index (κ2) is 4.58. The second-order valence-corrected chi connectivity index (χ2v) is 4.79. The molecule has 1 aliphatic carbocycles. The molecule has 0 spiro atoms. The lowest BCUT2D eigenvalue weighted by atomic mass is 9.96. The minimum atomic E-state index is -0.985. The van der Waals surface area contributed by atoms with Crippen LogP contribution in [0.1, 0.15) is 38.5 Å². The van der Waals surface area contributed by atoms with Gasteiger partial charge in [-0.2, -0.15) is 0 Å². The number of piperidine rings is 1. The predicted octanol–water partition coefficient (Wildman–Crippen LogP) is 1.61. The highest BCUT2D eigenvalue weighted by Crippen LogP contribution is 2.22. The smallest absolute Gasteiger partial charge is 0.135 e. The van der Waals surface area contributed by atoms with Crippen molar-refractivity contribution in [1.29, 1.82) is 0 Å². The minimum Gasteiger partial charge on any atom is -0.313 e. The van der Waals surface area contributed by atoms with Gasteiger partial charge in [-0.1, -0.05) is 12.8 Å². The van der Waals surface area contributed by atoms with Crippen molar-refractivity contribution in [2.45, 2.75) is 50.2 Å². The molecule has 1 saturated heterocycles. The number of hydrogen-bond donors (Lipinski definition) is 2. The lowest BCUT2D eigenvalue weighted by Gasteiger charge is -2.31. The number of hydrogen-bond acceptors (Lipinski definition) is 2. The normalized spacial score (nSPS) is 34.9. The summed E-state index contributed by atoms with van der Waals surface area (Å²) in [6.45, 7) is 2.06. The maximum absolute atomic E-state index is 14.1. The maximum atomic E-state index is 14.1. The largest absolute Gasteiger partial charge is 0.313 e. The van der Waals surface area contributed by atoms with Crippen molar-refractivity contribution < 1.29 is 4.39 Å². The zero-order valence-electron chi connectivity index (χ0n) is 8.82. The van der Waals surface area contributed by atoms with Crippen LogP contribution in [0.4, 0.5) is 4.39 Å². The zero-order valence-corrected chi connectivity index (χ0v) is 8.82. The molecule has 82 valence electrons. The summed E-state index contributed by atoms with van der Waals surface area (Å²) in [6, 6.07) is 0.588. The van der Waals surface area contributed by atoms with E-state index in [2.05, 4.69) is 10.6 Å². The SMILES string of the molecule is FC1(CNC2CCCC2)CCCNC1. The summed E-state index contributed by atoms with van der Waals surface area (Å²) in [5, 5.41) is 6.51. The first-order valence-electron chi connectivity index (χ1n) is 5.92. The van der Waals surface area contributed by atoms with E-state index in [0.717, 1.165) is 19.4 Å². The number of alkyl halides is 1. The molecular formula is C11H21FN2. The molecule has 2 N–H and O–H groups in total. The molecule has 1 aliphatic heterocycles. The van der Waals surface area contributed by atoms with E-state index in [9.17, 15) is 4.39 Å². The van der Waals surface area contributed by atoms with Crippen LogP contribution in [0, 0.1) is 0 Å². The highest BCUT2D eigenvalue weighted by molar-refractivity contribution is 4.89. The molecular weight excluding hydrogens is 179 g/mol. The molecule has 1 atom stereocenters. The molecule has 1 saturated carbocycles. The summed E-state index contributed by atoms with van der Waals surface area (Å²) >= 11 is 0. The lowest BCUT2D eigenvalue weighted by molar-refractivity contribution is 0.116. The van der Waals surface area contributed by atoms with Gasteiger partial charge in [0.2, 0.25) is 0 Å². The van der Waals surface area contributed by atoms with E-state index in [-0.39, 0.29) is 0 Å². The number of halogens is 1. The first-order chi connectivity index (χ1) is 6.79. The topological polar surface area (TPSA) is 24.1 Å². The van der Waals surface area contributed by atoms with Gasteiger partial charge < -0.3 is 10.6 Å². The Morgan fingerprint density at radius 1 is 1.29 bits per heavy atom. The van der Waals surface area contributed by atoms with Gasteiger partial charge in [-0.3, -0.25) is 0 Å². The fraction of sp³-hybridized carbons (Fsp3) is 1.00. The third-order valence-electron chi connectivity index (χ3n) is 3.48. The molecule has 0 aromatic rings. The Labute approximate surface area is 85.6 Å². The first kappa shape index (κ1) is 10.4. The Balaban J connectivity index is 1.72. The van der Waals surface area contributed by atoms with E-state index < -0.39 is 5.67 Å². The van der Waals surface area contributed by atoms with Gasteiger partial charge >= 0.3 is 0 Å². The Kier molecular flexibility index (Phi) is 3.39. The maximum Gasteiger partial charge on any atom is 0.135 e. The molecule has 2 fully saturated rings. The van der Waals surface area contributed by atoms with Crippen LogP contribution in [0.15, 0.2) is 0 Å². The predicted molar refractivity (Wildman–Crippen MR) is 56.2 cm³/mol. The number of nitrogens with one attached hydrogen (secondary N) is 2. The van der Waals surface area contributed by atoms with Crippen LogP contribution in [0.25, 0.3) is 0 Å². The Morgan fingerprint density at radius 2 is 2.07 bits per heavy atom. The molecule has 2 nitrogen and oxygen atoms in total. The fourth-order valence-corrected chi connectivity index (χ4v) is 2.54. The third kappa shape index (κ3) is 2.67. The highest BCUT2D eigenvalue weighted by Gasteiger charge is 2.32. The summed E-state index contributed by atoms with van der Waals surface area (Å²) in [5.74, 6) is 0. The molecule has 0 amide bonds. The van der Waals surface area contributed by atoms with E-state index in [0.29, 0.717) is 19.1 Å². The Hall–Kier alpha value is -0.150. The summed E-state index contributed by atoms with van der Waals surface area (Å²) in [6.07, 6.45) is 6.81. The van der Waals surface area contributed by atoms with Crippen LogP contribution in [0.2, 0.25) is 0 Å². The van der Waals surface area contributed by atoms with Crippen LogP contribution < -0.4 is 10.6 Å². The van der Waals surface area contributed by atoms with Crippen LogP contribution in [0.5, 0.6) is 0 Å². The summed E-state index contributed by atoms with van der Waals surface area (Å²) in [4.78, 5) is 0. The third-order valence-corrected chi connectivity index (χ3v) is 3.48. The van der Waals surface area contributed by atoms with E-state index in [1.165, 1.54) is 25.7 Å². The molecule has 0 radical (unpaired) electrons. The monoisotopic (exact) mass is 200 g/mol. The summed E-state index contributed by atoms with van der Waals surface area (Å²) < 4.78 is 14.1. The van der Waals surface area contributed by atoms with Gasteiger partial charge in [0.1, 0.15) is 5.67 Å². The summed E-state index contributed by atoms with van der Waals surface area (Å²) in [7, 11) is 0. The van der Waals surface area contributed by atoms with Crippen molar-refractivity contribution in [3.63, 3.8) is 0 Å². The Bertz CT molecular complexity index is 172.